The summed E-state index contributed by atoms with van der Waals surface area (Å²) in [5, 5.41) is 0.112. The molecule has 0 bridgehead atoms. The summed E-state index contributed by atoms with van der Waals surface area (Å²) in [5.41, 5.74) is 2.67. The first kappa shape index (κ1) is 14.3. The van der Waals surface area contributed by atoms with Crippen molar-refractivity contribution >= 4 is 11.6 Å². The molecule has 21 heavy (non-hydrogen) atoms. The van der Waals surface area contributed by atoms with E-state index in [-0.39, 0.29) is 5.38 Å². The summed E-state index contributed by atoms with van der Waals surface area (Å²) in [6.07, 6.45) is 2.02. The fraction of sp³-hybridized carbons (Fsp3) is 0.333. The summed E-state index contributed by atoms with van der Waals surface area (Å²) in [6.45, 7) is 0.689. The molecule has 2 aromatic carbocycles. The zero-order valence-corrected chi connectivity index (χ0v) is 12.8. The standard InChI is InChI=1S/C18H19ClO2/c1-20-15-6-8-16(9-7-15)21-11-10-14-12-13-4-2-3-5-17(13)18(14)19/h2-9,14,18H,10-12H2,1H3. The number of fused-ring (bicyclic) bond motifs is 1. The van der Waals surface area contributed by atoms with E-state index >= 15 is 0 Å². The van der Waals surface area contributed by atoms with Crippen LogP contribution in [0.2, 0.25) is 0 Å². The van der Waals surface area contributed by atoms with Gasteiger partial charge in [-0.05, 0) is 54.2 Å². The highest BCUT2D eigenvalue weighted by molar-refractivity contribution is 6.21. The molecule has 3 rings (SSSR count). The maximum atomic E-state index is 6.56. The predicted octanol–water partition coefficient (Wildman–Crippen LogP) is 4.62. The van der Waals surface area contributed by atoms with Crippen LogP contribution in [0.4, 0.5) is 0 Å². The third kappa shape index (κ3) is 3.16. The minimum absolute atomic E-state index is 0.112. The first-order valence-corrected chi connectivity index (χ1v) is 7.70. The average Bonchev–Trinajstić information content (AvgIpc) is 2.85. The molecule has 2 atom stereocenters. The monoisotopic (exact) mass is 302 g/mol. The zero-order valence-electron chi connectivity index (χ0n) is 12.1. The summed E-state index contributed by atoms with van der Waals surface area (Å²) >= 11 is 6.56. The summed E-state index contributed by atoms with van der Waals surface area (Å²) in [7, 11) is 1.66. The molecule has 0 radical (unpaired) electrons. The number of benzene rings is 2. The fourth-order valence-electron chi connectivity index (χ4n) is 2.88. The largest absolute Gasteiger partial charge is 0.497 e. The van der Waals surface area contributed by atoms with Crippen molar-refractivity contribution in [2.24, 2.45) is 5.92 Å². The summed E-state index contributed by atoms with van der Waals surface area (Å²) in [4.78, 5) is 0. The van der Waals surface area contributed by atoms with Crippen molar-refractivity contribution < 1.29 is 9.47 Å². The Morgan fingerprint density at radius 1 is 1.05 bits per heavy atom. The van der Waals surface area contributed by atoms with Gasteiger partial charge in [-0.1, -0.05) is 24.3 Å². The molecular weight excluding hydrogens is 284 g/mol. The first-order valence-electron chi connectivity index (χ1n) is 7.26. The molecule has 2 unspecified atom stereocenters. The van der Waals surface area contributed by atoms with Crippen molar-refractivity contribution in [1.82, 2.24) is 0 Å². The molecule has 0 fully saturated rings. The number of methoxy groups -OCH3 is 1. The fourth-order valence-corrected chi connectivity index (χ4v) is 3.31. The zero-order chi connectivity index (χ0) is 14.7. The van der Waals surface area contributed by atoms with Crippen LogP contribution in [0.15, 0.2) is 48.5 Å². The Hall–Kier alpha value is -1.67. The molecule has 0 spiro atoms. The molecule has 3 heteroatoms. The lowest BCUT2D eigenvalue weighted by Crippen LogP contribution is -2.09. The van der Waals surface area contributed by atoms with Crippen LogP contribution < -0.4 is 9.47 Å². The van der Waals surface area contributed by atoms with Gasteiger partial charge in [0.1, 0.15) is 11.5 Å². The van der Waals surface area contributed by atoms with Crippen molar-refractivity contribution in [1.29, 1.82) is 0 Å². The second kappa shape index (κ2) is 6.40. The van der Waals surface area contributed by atoms with Crippen LogP contribution in [0.1, 0.15) is 22.9 Å². The van der Waals surface area contributed by atoms with Crippen LogP contribution >= 0.6 is 11.6 Å². The number of hydrogen-bond donors (Lipinski definition) is 0. The first-order chi connectivity index (χ1) is 10.3. The molecule has 0 aromatic heterocycles. The van der Waals surface area contributed by atoms with Gasteiger partial charge in [0, 0.05) is 0 Å². The smallest absolute Gasteiger partial charge is 0.119 e. The predicted molar refractivity (Wildman–Crippen MR) is 85.3 cm³/mol. The van der Waals surface area contributed by atoms with E-state index in [2.05, 4.69) is 24.3 Å². The third-order valence-electron chi connectivity index (χ3n) is 4.06. The molecular formula is C18H19ClO2. The van der Waals surface area contributed by atoms with E-state index in [0.29, 0.717) is 12.5 Å². The van der Waals surface area contributed by atoms with Gasteiger partial charge in [0.25, 0.3) is 0 Å². The topological polar surface area (TPSA) is 18.5 Å². The van der Waals surface area contributed by atoms with Gasteiger partial charge >= 0.3 is 0 Å². The quantitative estimate of drug-likeness (QED) is 0.751. The number of ether oxygens (including phenoxy) is 2. The SMILES string of the molecule is COc1ccc(OCCC2Cc3ccccc3C2Cl)cc1. The number of rotatable bonds is 5. The molecule has 1 aliphatic rings. The molecule has 0 amide bonds. The van der Waals surface area contributed by atoms with Crippen molar-refractivity contribution in [3.8, 4) is 11.5 Å². The molecule has 0 N–H and O–H groups in total. The molecule has 0 saturated heterocycles. The van der Waals surface area contributed by atoms with Gasteiger partial charge in [-0.15, -0.1) is 11.6 Å². The Morgan fingerprint density at radius 2 is 1.76 bits per heavy atom. The van der Waals surface area contributed by atoms with E-state index < -0.39 is 0 Å². The van der Waals surface area contributed by atoms with E-state index in [9.17, 15) is 0 Å². The van der Waals surface area contributed by atoms with Gasteiger partial charge in [0.05, 0.1) is 19.1 Å². The van der Waals surface area contributed by atoms with Gasteiger partial charge in [-0.25, -0.2) is 0 Å². The van der Waals surface area contributed by atoms with E-state index in [1.54, 1.807) is 7.11 Å². The Bertz CT molecular complexity index is 594. The normalized spacial score (nSPS) is 20.1. The lowest BCUT2D eigenvalue weighted by molar-refractivity contribution is 0.278. The maximum absolute atomic E-state index is 6.56. The average molecular weight is 303 g/mol. The van der Waals surface area contributed by atoms with Gasteiger partial charge < -0.3 is 9.47 Å². The summed E-state index contributed by atoms with van der Waals surface area (Å²) in [6, 6.07) is 16.1. The van der Waals surface area contributed by atoms with Gasteiger partial charge in [-0.3, -0.25) is 0 Å². The van der Waals surface area contributed by atoms with Crippen LogP contribution in [-0.4, -0.2) is 13.7 Å². The van der Waals surface area contributed by atoms with E-state index in [1.165, 1.54) is 11.1 Å². The number of hydrogen-bond acceptors (Lipinski definition) is 2. The van der Waals surface area contributed by atoms with Gasteiger partial charge in [0.2, 0.25) is 0 Å². The Labute approximate surface area is 130 Å². The summed E-state index contributed by atoms with van der Waals surface area (Å²) < 4.78 is 10.9. The molecule has 1 aliphatic carbocycles. The number of halogens is 1. The van der Waals surface area contributed by atoms with Crippen molar-refractivity contribution in [3.05, 3.63) is 59.7 Å². The van der Waals surface area contributed by atoms with Gasteiger partial charge in [0.15, 0.2) is 0 Å². The van der Waals surface area contributed by atoms with Crippen molar-refractivity contribution in [2.45, 2.75) is 18.2 Å². The molecule has 0 aliphatic heterocycles. The second-order valence-electron chi connectivity index (χ2n) is 5.38. The lowest BCUT2D eigenvalue weighted by Gasteiger charge is -2.14. The minimum Gasteiger partial charge on any atom is -0.497 e. The lowest BCUT2D eigenvalue weighted by atomic mass is 10.0. The second-order valence-corrected chi connectivity index (χ2v) is 5.85. The molecule has 0 heterocycles. The Morgan fingerprint density at radius 3 is 2.48 bits per heavy atom. The molecule has 0 saturated carbocycles. The van der Waals surface area contributed by atoms with Crippen LogP contribution in [0, 0.1) is 5.92 Å². The van der Waals surface area contributed by atoms with E-state index in [4.69, 9.17) is 21.1 Å². The maximum Gasteiger partial charge on any atom is 0.119 e. The Kier molecular flexibility index (Phi) is 4.35. The van der Waals surface area contributed by atoms with Crippen LogP contribution in [0.5, 0.6) is 11.5 Å². The Balaban J connectivity index is 1.52. The minimum atomic E-state index is 0.112. The highest BCUT2D eigenvalue weighted by Crippen LogP contribution is 2.42. The molecule has 2 nitrogen and oxygen atoms in total. The van der Waals surface area contributed by atoms with Crippen LogP contribution in [0.3, 0.4) is 0 Å². The van der Waals surface area contributed by atoms with E-state index in [1.807, 2.05) is 24.3 Å². The highest BCUT2D eigenvalue weighted by atomic mass is 35.5. The summed E-state index contributed by atoms with van der Waals surface area (Å²) in [5.74, 6) is 2.18. The molecule has 110 valence electrons. The van der Waals surface area contributed by atoms with Crippen LogP contribution in [-0.2, 0) is 6.42 Å². The highest BCUT2D eigenvalue weighted by Gasteiger charge is 2.30. The van der Waals surface area contributed by atoms with E-state index in [0.717, 1.165) is 24.3 Å². The van der Waals surface area contributed by atoms with Crippen molar-refractivity contribution in [2.75, 3.05) is 13.7 Å². The van der Waals surface area contributed by atoms with Gasteiger partial charge in [-0.2, -0.15) is 0 Å². The van der Waals surface area contributed by atoms with Crippen molar-refractivity contribution in [3.63, 3.8) is 0 Å². The van der Waals surface area contributed by atoms with Crippen LogP contribution in [0.25, 0.3) is 0 Å². The molecule has 2 aromatic rings. The third-order valence-corrected chi connectivity index (χ3v) is 4.66. The number of alkyl halides is 1.